The summed E-state index contributed by atoms with van der Waals surface area (Å²) in [6.45, 7) is 2.70. The minimum Gasteiger partial charge on any atom is -0.342 e. The van der Waals surface area contributed by atoms with Gasteiger partial charge in [-0.25, -0.2) is 0 Å². The Balaban J connectivity index is 1.58. The Bertz CT molecular complexity index is 339. The number of carbonyl (C=O) groups is 1. The van der Waals surface area contributed by atoms with Crippen LogP contribution in [-0.4, -0.2) is 30.4 Å². The van der Waals surface area contributed by atoms with Crippen LogP contribution in [0.2, 0.25) is 0 Å². The van der Waals surface area contributed by atoms with Crippen LogP contribution in [0.3, 0.4) is 0 Å². The van der Waals surface area contributed by atoms with Gasteiger partial charge in [-0.1, -0.05) is 25.7 Å². The number of nitrogens with zero attached hydrogens (tertiary/aromatic N) is 1. The minimum absolute atomic E-state index is 0.228. The van der Waals surface area contributed by atoms with Gasteiger partial charge in [0.25, 0.3) is 0 Å². The van der Waals surface area contributed by atoms with E-state index in [1.165, 1.54) is 51.4 Å². The van der Waals surface area contributed by atoms with Crippen molar-refractivity contribution in [3.05, 3.63) is 0 Å². The smallest absolute Gasteiger partial charge is 0.226 e. The summed E-state index contributed by atoms with van der Waals surface area (Å²) in [5.41, 5.74) is 6.49. The van der Waals surface area contributed by atoms with Crippen molar-refractivity contribution in [3.63, 3.8) is 0 Å². The molecule has 1 heterocycles. The lowest BCUT2D eigenvalue weighted by molar-refractivity contribution is -0.140. The Morgan fingerprint density at radius 1 is 1.00 bits per heavy atom. The monoisotopic (exact) mass is 278 g/mol. The molecule has 2 N–H and O–H groups in total. The van der Waals surface area contributed by atoms with Crippen LogP contribution in [0.4, 0.5) is 0 Å². The second-order valence-electron chi connectivity index (χ2n) is 7.42. The highest BCUT2D eigenvalue weighted by Gasteiger charge is 2.40. The van der Waals surface area contributed by atoms with Gasteiger partial charge in [-0.3, -0.25) is 4.79 Å². The van der Waals surface area contributed by atoms with E-state index in [2.05, 4.69) is 4.90 Å². The van der Waals surface area contributed by atoms with E-state index in [0.29, 0.717) is 23.8 Å². The third kappa shape index (κ3) is 2.74. The Morgan fingerprint density at radius 2 is 1.65 bits per heavy atom. The van der Waals surface area contributed by atoms with Crippen molar-refractivity contribution in [1.82, 2.24) is 4.90 Å². The SMILES string of the molecule is NCC1CCCCC1C(=O)N1CCC2(CCCC2)CC1. The van der Waals surface area contributed by atoms with Crippen molar-refractivity contribution in [3.8, 4) is 0 Å². The Hall–Kier alpha value is -0.570. The fraction of sp³-hybridized carbons (Fsp3) is 0.941. The molecule has 114 valence electrons. The summed E-state index contributed by atoms with van der Waals surface area (Å²) in [6, 6.07) is 0. The van der Waals surface area contributed by atoms with Crippen LogP contribution in [0.5, 0.6) is 0 Å². The van der Waals surface area contributed by atoms with Crippen LogP contribution < -0.4 is 5.73 Å². The van der Waals surface area contributed by atoms with Gasteiger partial charge < -0.3 is 10.6 Å². The maximum Gasteiger partial charge on any atom is 0.226 e. The molecule has 2 atom stereocenters. The molecule has 2 aliphatic carbocycles. The number of likely N-dealkylation sites (tertiary alicyclic amines) is 1. The quantitative estimate of drug-likeness (QED) is 0.844. The largest absolute Gasteiger partial charge is 0.342 e. The van der Waals surface area contributed by atoms with Gasteiger partial charge in [-0.15, -0.1) is 0 Å². The second-order valence-corrected chi connectivity index (χ2v) is 7.42. The third-order valence-electron chi connectivity index (χ3n) is 6.33. The summed E-state index contributed by atoms with van der Waals surface area (Å²) in [5.74, 6) is 1.10. The predicted octanol–water partition coefficient (Wildman–Crippen LogP) is 2.93. The molecule has 0 aromatic heterocycles. The zero-order valence-electron chi connectivity index (χ0n) is 12.8. The fourth-order valence-corrected chi connectivity index (χ4v) is 4.88. The lowest BCUT2D eigenvalue weighted by atomic mass is 9.75. The average Bonchev–Trinajstić information content (AvgIpc) is 2.95. The zero-order valence-corrected chi connectivity index (χ0v) is 12.8. The van der Waals surface area contributed by atoms with Gasteiger partial charge in [-0.2, -0.15) is 0 Å². The maximum absolute atomic E-state index is 12.8. The number of hydrogen-bond acceptors (Lipinski definition) is 2. The number of carbonyl (C=O) groups excluding carboxylic acids is 1. The Kier molecular flexibility index (Phi) is 4.34. The molecule has 3 fully saturated rings. The lowest BCUT2D eigenvalue weighted by Crippen LogP contribution is -2.47. The summed E-state index contributed by atoms with van der Waals surface area (Å²) in [4.78, 5) is 15.0. The topological polar surface area (TPSA) is 46.3 Å². The van der Waals surface area contributed by atoms with Gasteiger partial charge in [0.05, 0.1) is 0 Å². The first-order chi connectivity index (χ1) is 9.74. The standard InChI is InChI=1S/C17H30N2O/c18-13-14-5-1-2-6-15(14)16(20)19-11-9-17(10-12-19)7-3-4-8-17/h14-15H,1-13,18H2. The van der Waals surface area contributed by atoms with Crippen molar-refractivity contribution in [2.75, 3.05) is 19.6 Å². The van der Waals surface area contributed by atoms with Crippen molar-refractivity contribution >= 4 is 5.91 Å². The van der Waals surface area contributed by atoms with Crippen molar-refractivity contribution < 1.29 is 4.79 Å². The highest BCUT2D eigenvalue weighted by atomic mass is 16.2. The number of rotatable bonds is 2. The van der Waals surface area contributed by atoms with E-state index < -0.39 is 0 Å². The summed E-state index contributed by atoms with van der Waals surface area (Å²) < 4.78 is 0. The molecular weight excluding hydrogens is 248 g/mol. The van der Waals surface area contributed by atoms with Crippen LogP contribution in [0.1, 0.15) is 64.2 Å². The van der Waals surface area contributed by atoms with Gasteiger partial charge in [0, 0.05) is 19.0 Å². The van der Waals surface area contributed by atoms with E-state index in [1.807, 2.05) is 0 Å². The highest BCUT2D eigenvalue weighted by molar-refractivity contribution is 5.79. The van der Waals surface area contributed by atoms with Gasteiger partial charge in [0.1, 0.15) is 0 Å². The molecule has 0 aromatic rings. The molecule has 0 aromatic carbocycles. The van der Waals surface area contributed by atoms with E-state index in [-0.39, 0.29) is 5.92 Å². The number of amides is 1. The lowest BCUT2D eigenvalue weighted by Gasteiger charge is -2.42. The van der Waals surface area contributed by atoms with Crippen LogP contribution in [0, 0.1) is 17.3 Å². The van der Waals surface area contributed by atoms with E-state index >= 15 is 0 Å². The Labute approximate surface area is 123 Å². The normalized spacial score (nSPS) is 33.5. The second kappa shape index (κ2) is 6.05. The van der Waals surface area contributed by atoms with E-state index in [4.69, 9.17) is 5.73 Å². The molecule has 2 saturated carbocycles. The van der Waals surface area contributed by atoms with Crippen molar-refractivity contribution in [2.24, 2.45) is 23.0 Å². The first-order valence-electron chi connectivity index (χ1n) is 8.73. The number of nitrogens with two attached hydrogens (primary N) is 1. The molecule has 0 bridgehead atoms. The summed E-state index contributed by atoms with van der Waals surface area (Å²) in [7, 11) is 0. The van der Waals surface area contributed by atoms with Crippen LogP contribution in [0.15, 0.2) is 0 Å². The van der Waals surface area contributed by atoms with Crippen LogP contribution in [-0.2, 0) is 4.79 Å². The van der Waals surface area contributed by atoms with E-state index in [1.54, 1.807) is 0 Å². The number of piperidine rings is 1. The van der Waals surface area contributed by atoms with E-state index in [9.17, 15) is 4.79 Å². The molecule has 3 aliphatic rings. The van der Waals surface area contributed by atoms with Gasteiger partial charge >= 0.3 is 0 Å². The maximum atomic E-state index is 12.8. The summed E-state index contributed by atoms with van der Waals surface area (Å²) in [5, 5.41) is 0. The molecule has 1 saturated heterocycles. The fourth-order valence-electron chi connectivity index (χ4n) is 4.88. The summed E-state index contributed by atoms with van der Waals surface area (Å²) in [6.07, 6.45) is 12.8. The molecule has 1 aliphatic heterocycles. The molecule has 2 unspecified atom stereocenters. The number of hydrogen-bond donors (Lipinski definition) is 1. The molecule has 1 spiro atoms. The van der Waals surface area contributed by atoms with E-state index in [0.717, 1.165) is 25.9 Å². The van der Waals surface area contributed by atoms with Crippen molar-refractivity contribution in [2.45, 2.75) is 64.2 Å². The zero-order chi connectivity index (χ0) is 14.0. The van der Waals surface area contributed by atoms with Gasteiger partial charge in [-0.05, 0) is 56.4 Å². The average molecular weight is 278 g/mol. The highest BCUT2D eigenvalue weighted by Crippen LogP contribution is 2.46. The minimum atomic E-state index is 0.228. The van der Waals surface area contributed by atoms with Gasteiger partial charge in [0.15, 0.2) is 0 Å². The first kappa shape index (κ1) is 14.4. The molecule has 0 radical (unpaired) electrons. The Morgan fingerprint density at radius 3 is 2.30 bits per heavy atom. The summed E-state index contributed by atoms with van der Waals surface area (Å²) >= 11 is 0. The first-order valence-corrected chi connectivity index (χ1v) is 8.73. The molecule has 20 heavy (non-hydrogen) atoms. The molecule has 3 rings (SSSR count). The van der Waals surface area contributed by atoms with Crippen molar-refractivity contribution in [1.29, 1.82) is 0 Å². The van der Waals surface area contributed by atoms with Crippen LogP contribution in [0.25, 0.3) is 0 Å². The molecular formula is C17H30N2O. The van der Waals surface area contributed by atoms with Gasteiger partial charge in [0.2, 0.25) is 5.91 Å². The third-order valence-corrected chi connectivity index (χ3v) is 6.33. The molecule has 3 nitrogen and oxygen atoms in total. The van der Waals surface area contributed by atoms with Crippen LogP contribution >= 0.6 is 0 Å². The molecule has 1 amide bonds. The predicted molar refractivity (Wildman–Crippen MR) is 81.2 cm³/mol. The molecule has 3 heteroatoms.